The number of nitrogens with one attached hydrogen (secondary N) is 2. The van der Waals surface area contributed by atoms with Gasteiger partial charge in [0.25, 0.3) is 5.91 Å². The molecule has 1 atom stereocenters. The monoisotopic (exact) mass is 589 g/mol. The van der Waals surface area contributed by atoms with Crippen LogP contribution in [0, 0.1) is 5.92 Å². The lowest BCUT2D eigenvalue weighted by Gasteiger charge is -2.42. The van der Waals surface area contributed by atoms with E-state index in [1.807, 2.05) is 24.0 Å². The van der Waals surface area contributed by atoms with E-state index in [9.17, 15) is 9.59 Å². The Bertz CT molecular complexity index is 1270. The molecule has 0 saturated carbocycles. The summed E-state index contributed by atoms with van der Waals surface area (Å²) in [5.41, 5.74) is 8.54. The standard InChI is InChI=1S/C32H47N9O2/c1-4-27-31(34-21-23-7-6-14-41(22-23)28(42)5-2)37-32(29(36-27)30(33)43)35-24-8-10-25(11-9-24)39-15-12-26(13-16-39)40-19-17-38(3)18-20-40/h5,8-11,23,26H,2,4,6-7,12-22H2,1,3H3,(H2,33,43)(H2,34,35,37)/t23-/m0/s1. The van der Waals surface area contributed by atoms with Gasteiger partial charge in [0, 0.05) is 76.3 Å². The predicted octanol–water partition coefficient (Wildman–Crippen LogP) is 2.93. The lowest BCUT2D eigenvalue weighted by atomic mass is 9.98. The smallest absolute Gasteiger partial charge is 0.271 e. The lowest BCUT2D eigenvalue weighted by Crippen LogP contribution is -2.52. The minimum absolute atomic E-state index is 0.0304. The van der Waals surface area contributed by atoms with Crippen molar-refractivity contribution in [1.82, 2.24) is 24.7 Å². The molecular formula is C32H47N9O2. The third-order valence-corrected chi connectivity index (χ3v) is 9.11. The van der Waals surface area contributed by atoms with Crippen molar-refractivity contribution in [3.05, 3.63) is 48.3 Å². The maximum absolute atomic E-state index is 12.3. The van der Waals surface area contributed by atoms with Crippen LogP contribution in [0.15, 0.2) is 36.9 Å². The van der Waals surface area contributed by atoms with Crippen LogP contribution in [0.4, 0.5) is 23.0 Å². The molecule has 0 radical (unpaired) electrons. The molecule has 4 N–H and O–H groups in total. The van der Waals surface area contributed by atoms with Gasteiger partial charge >= 0.3 is 0 Å². The number of benzene rings is 1. The number of rotatable bonds is 10. The first-order valence-electron chi connectivity index (χ1n) is 15.7. The van der Waals surface area contributed by atoms with E-state index in [4.69, 9.17) is 10.7 Å². The van der Waals surface area contributed by atoms with Crippen LogP contribution < -0.4 is 21.3 Å². The highest BCUT2D eigenvalue weighted by Gasteiger charge is 2.27. The van der Waals surface area contributed by atoms with Gasteiger partial charge in [0.2, 0.25) is 5.91 Å². The topological polar surface area (TPSA) is 123 Å². The summed E-state index contributed by atoms with van der Waals surface area (Å²) in [4.78, 5) is 43.2. The van der Waals surface area contributed by atoms with E-state index in [-0.39, 0.29) is 17.5 Å². The van der Waals surface area contributed by atoms with Crippen LogP contribution in [0.3, 0.4) is 0 Å². The van der Waals surface area contributed by atoms with Crippen molar-refractivity contribution in [1.29, 1.82) is 0 Å². The third-order valence-electron chi connectivity index (χ3n) is 9.11. The predicted molar refractivity (Wildman–Crippen MR) is 172 cm³/mol. The van der Waals surface area contributed by atoms with Crippen LogP contribution in [-0.4, -0.2) is 108 Å². The number of aromatic nitrogens is 2. The molecule has 43 heavy (non-hydrogen) atoms. The van der Waals surface area contributed by atoms with E-state index in [0.29, 0.717) is 42.9 Å². The Morgan fingerprint density at radius 2 is 1.72 bits per heavy atom. The van der Waals surface area contributed by atoms with Gasteiger partial charge in [-0.3, -0.25) is 14.5 Å². The van der Waals surface area contributed by atoms with Crippen molar-refractivity contribution in [2.24, 2.45) is 11.7 Å². The van der Waals surface area contributed by atoms with E-state index in [2.05, 4.69) is 56.1 Å². The molecule has 2 amide bonds. The summed E-state index contributed by atoms with van der Waals surface area (Å²) in [6.07, 6.45) is 6.32. The molecule has 0 aliphatic carbocycles. The van der Waals surface area contributed by atoms with E-state index in [1.165, 1.54) is 37.7 Å². The van der Waals surface area contributed by atoms with Crippen LogP contribution in [-0.2, 0) is 11.2 Å². The molecule has 3 fully saturated rings. The molecule has 2 aromatic rings. The minimum Gasteiger partial charge on any atom is -0.371 e. The first kappa shape index (κ1) is 30.7. The largest absolute Gasteiger partial charge is 0.371 e. The van der Waals surface area contributed by atoms with Gasteiger partial charge in [-0.05, 0) is 75.4 Å². The second kappa shape index (κ2) is 14.2. The zero-order valence-electron chi connectivity index (χ0n) is 25.7. The van der Waals surface area contributed by atoms with Crippen LogP contribution in [0.25, 0.3) is 0 Å². The van der Waals surface area contributed by atoms with Crippen LogP contribution in [0.1, 0.15) is 48.8 Å². The zero-order valence-corrected chi connectivity index (χ0v) is 25.7. The van der Waals surface area contributed by atoms with Gasteiger partial charge in [0.1, 0.15) is 5.82 Å². The van der Waals surface area contributed by atoms with Gasteiger partial charge in [-0.1, -0.05) is 13.5 Å². The number of hydrogen-bond donors (Lipinski definition) is 3. The molecule has 11 heteroatoms. The second-order valence-corrected chi connectivity index (χ2v) is 12.0. The molecule has 0 bridgehead atoms. The lowest BCUT2D eigenvalue weighted by molar-refractivity contribution is -0.127. The van der Waals surface area contributed by atoms with Crippen LogP contribution in [0.2, 0.25) is 0 Å². The number of amides is 2. The molecule has 5 rings (SSSR count). The first-order valence-corrected chi connectivity index (χ1v) is 15.7. The van der Waals surface area contributed by atoms with Crippen molar-refractivity contribution < 1.29 is 9.59 Å². The number of carbonyl (C=O) groups excluding carboxylic acids is 2. The summed E-state index contributed by atoms with van der Waals surface area (Å²) in [6, 6.07) is 8.95. The average molecular weight is 590 g/mol. The van der Waals surface area contributed by atoms with E-state index in [1.54, 1.807) is 0 Å². The Hall–Kier alpha value is -3.70. The van der Waals surface area contributed by atoms with Gasteiger partial charge in [-0.25, -0.2) is 9.97 Å². The fourth-order valence-electron chi connectivity index (χ4n) is 6.49. The number of piperidine rings is 2. The average Bonchev–Trinajstić information content (AvgIpc) is 3.04. The molecule has 3 aliphatic rings. The van der Waals surface area contributed by atoms with E-state index in [0.717, 1.165) is 51.3 Å². The Morgan fingerprint density at radius 3 is 2.37 bits per heavy atom. The number of piperazine rings is 1. The highest BCUT2D eigenvalue weighted by Crippen LogP contribution is 2.28. The molecular weight excluding hydrogens is 542 g/mol. The maximum atomic E-state index is 12.3. The van der Waals surface area contributed by atoms with Gasteiger partial charge in [0.05, 0.1) is 5.69 Å². The SMILES string of the molecule is C=CC(=O)N1CCC[C@@H](CNc2nc(Nc3ccc(N4CCC(N5CCN(C)CC5)CC4)cc3)c(C(N)=O)nc2CC)C1. The second-order valence-electron chi connectivity index (χ2n) is 12.0. The molecule has 232 valence electrons. The van der Waals surface area contributed by atoms with E-state index >= 15 is 0 Å². The number of anilines is 4. The van der Waals surface area contributed by atoms with Crippen molar-refractivity contribution in [2.75, 3.05) is 81.5 Å². The van der Waals surface area contributed by atoms with Gasteiger partial charge in [0.15, 0.2) is 11.5 Å². The Labute approximate surface area is 255 Å². The number of aryl methyl sites for hydroxylation is 1. The molecule has 1 aromatic carbocycles. The quantitative estimate of drug-likeness (QED) is 0.359. The Kier molecular flexibility index (Phi) is 10.1. The molecule has 3 saturated heterocycles. The number of carbonyl (C=O) groups is 2. The molecule has 4 heterocycles. The summed E-state index contributed by atoms with van der Waals surface area (Å²) < 4.78 is 0. The zero-order chi connectivity index (χ0) is 30.3. The Balaban J connectivity index is 1.22. The van der Waals surface area contributed by atoms with Gasteiger partial charge in [-0.2, -0.15) is 0 Å². The minimum atomic E-state index is -0.623. The van der Waals surface area contributed by atoms with Gasteiger partial charge in [-0.15, -0.1) is 0 Å². The number of likely N-dealkylation sites (tertiary alicyclic amines) is 1. The Morgan fingerprint density at radius 1 is 1.00 bits per heavy atom. The third kappa shape index (κ3) is 7.64. The fourth-order valence-corrected chi connectivity index (χ4v) is 6.49. The number of primary amides is 1. The summed E-state index contributed by atoms with van der Waals surface area (Å²) >= 11 is 0. The molecule has 0 spiro atoms. The normalized spacial score (nSPS) is 20.6. The fraction of sp³-hybridized carbons (Fsp3) is 0.562. The number of nitrogens with zero attached hydrogens (tertiary/aromatic N) is 6. The van der Waals surface area contributed by atoms with Crippen molar-refractivity contribution in [3.63, 3.8) is 0 Å². The summed E-state index contributed by atoms with van der Waals surface area (Å²) in [7, 11) is 2.21. The molecule has 11 nitrogen and oxygen atoms in total. The number of nitrogens with two attached hydrogens (primary N) is 1. The summed E-state index contributed by atoms with van der Waals surface area (Å²) in [5.74, 6) is 0.594. The van der Waals surface area contributed by atoms with Crippen LogP contribution in [0.5, 0.6) is 0 Å². The summed E-state index contributed by atoms with van der Waals surface area (Å²) in [5, 5.41) is 6.73. The highest BCUT2D eigenvalue weighted by atomic mass is 16.2. The molecule has 0 unspecified atom stereocenters. The maximum Gasteiger partial charge on any atom is 0.271 e. The van der Waals surface area contributed by atoms with Crippen LogP contribution >= 0.6 is 0 Å². The summed E-state index contributed by atoms with van der Waals surface area (Å²) in [6.45, 7) is 14.4. The highest BCUT2D eigenvalue weighted by molar-refractivity contribution is 5.96. The molecule has 3 aliphatic heterocycles. The van der Waals surface area contributed by atoms with Gasteiger partial charge < -0.3 is 31.1 Å². The van der Waals surface area contributed by atoms with Crippen molar-refractivity contribution in [3.8, 4) is 0 Å². The number of hydrogen-bond acceptors (Lipinski definition) is 9. The van der Waals surface area contributed by atoms with E-state index < -0.39 is 5.91 Å². The number of likely N-dealkylation sites (N-methyl/N-ethyl adjacent to an activating group) is 1. The van der Waals surface area contributed by atoms with Crippen molar-refractivity contribution >= 4 is 34.8 Å². The molecule has 1 aromatic heterocycles. The van der Waals surface area contributed by atoms with Crippen molar-refractivity contribution in [2.45, 2.75) is 45.1 Å². The first-order chi connectivity index (χ1) is 20.8.